The molecular weight excluding hydrogens is 336 g/mol. The van der Waals surface area contributed by atoms with Gasteiger partial charge in [-0.2, -0.15) is 0 Å². The predicted molar refractivity (Wildman–Crippen MR) is 112 cm³/mol. The van der Waals surface area contributed by atoms with Gasteiger partial charge in [-0.05, 0) is 50.2 Å². The number of pyridine rings is 2. The van der Waals surface area contributed by atoms with Gasteiger partial charge in [0.15, 0.2) is 0 Å². The highest BCUT2D eigenvalue weighted by Crippen LogP contribution is 2.32. The Morgan fingerprint density at radius 1 is 1.07 bits per heavy atom. The van der Waals surface area contributed by atoms with E-state index in [2.05, 4.69) is 20.6 Å². The van der Waals surface area contributed by atoms with Crippen molar-refractivity contribution >= 4 is 23.4 Å². The number of benzene rings is 1. The van der Waals surface area contributed by atoms with Crippen molar-refractivity contribution < 1.29 is 0 Å². The normalized spacial score (nSPS) is 11.7. The fourth-order valence-electron chi connectivity index (χ4n) is 2.88. The first kappa shape index (κ1) is 18.5. The van der Waals surface area contributed by atoms with E-state index in [1.165, 1.54) is 6.21 Å². The Hall–Kier alpha value is -3.25. The Morgan fingerprint density at radius 2 is 1.81 bits per heavy atom. The Balaban J connectivity index is 2.11. The van der Waals surface area contributed by atoms with Crippen molar-refractivity contribution in [1.82, 2.24) is 9.97 Å². The molecule has 138 valence electrons. The molecule has 1 atom stereocenters. The van der Waals surface area contributed by atoms with Crippen molar-refractivity contribution in [3.63, 3.8) is 0 Å². The van der Waals surface area contributed by atoms with E-state index in [9.17, 15) is 0 Å². The molecule has 6 heteroatoms. The molecule has 5 N–H and O–H groups in total. The van der Waals surface area contributed by atoms with Crippen LogP contribution in [0.5, 0.6) is 0 Å². The first-order valence-corrected chi connectivity index (χ1v) is 8.81. The monoisotopic (exact) mass is 360 g/mol. The summed E-state index contributed by atoms with van der Waals surface area (Å²) >= 11 is 0. The Bertz CT molecular complexity index is 965. The zero-order valence-electron chi connectivity index (χ0n) is 15.7. The van der Waals surface area contributed by atoms with Crippen LogP contribution in [0.1, 0.15) is 29.9 Å². The van der Waals surface area contributed by atoms with Gasteiger partial charge in [0.25, 0.3) is 0 Å². The van der Waals surface area contributed by atoms with E-state index in [-0.39, 0.29) is 6.04 Å². The third-order valence-corrected chi connectivity index (χ3v) is 4.28. The van der Waals surface area contributed by atoms with Crippen molar-refractivity contribution in [2.24, 2.45) is 5.73 Å². The van der Waals surface area contributed by atoms with Crippen LogP contribution in [-0.2, 0) is 0 Å². The molecule has 3 rings (SSSR count). The lowest BCUT2D eigenvalue weighted by atomic mass is 10.0. The van der Waals surface area contributed by atoms with Crippen LogP contribution in [0.25, 0.3) is 11.3 Å². The van der Waals surface area contributed by atoms with Gasteiger partial charge in [0.05, 0.1) is 17.1 Å². The molecule has 0 amide bonds. The molecule has 0 aliphatic rings. The van der Waals surface area contributed by atoms with E-state index >= 15 is 0 Å². The second-order valence-electron chi connectivity index (χ2n) is 6.40. The standard InChI is InChI=1S/C21H24N6/c1-13-6-4-9-21(25-13)27-20-11-15(10-19(24-3)16(20)12-22)18-8-5-7-17(26-18)14(2)23/h4-12,14,22,24H,23H2,1-3H3,(H,25,27). The highest BCUT2D eigenvalue weighted by Gasteiger charge is 2.12. The molecule has 0 saturated carbocycles. The predicted octanol–water partition coefficient (Wildman–Crippen LogP) is 4.25. The van der Waals surface area contributed by atoms with E-state index in [4.69, 9.17) is 11.1 Å². The molecule has 0 saturated heterocycles. The molecule has 0 radical (unpaired) electrons. The highest BCUT2D eigenvalue weighted by molar-refractivity contribution is 5.96. The molecular formula is C21H24N6. The largest absolute Gasteiger partial charge is 0.388 e. The summed E-state index contributed by atoms with van der Waals surface area (Å²) in [5, 5.41) is 14.3. The third kappa shape index (κ3) is 4.12. The van der Waals surface area contributed by atoms with Crippen LogP contribution in [0.15, 0.2) is 48.5 Å². The third-order valence-electron chi connectivity index (χ3n) is 4.28. The number of rotatable bonds is 6. The Kier molecular flexibility index (Phi) is 5.47. The zero-order chi connectivity index (χ0) is 19.4. The van der Waals surface area contributed by atoms with E-state index < -0.39 is 0 Å². The maximum atomic E-state index is 7.84. The summed E-state index contributed by atoms with van der Waals surface area (Å²) in [6, 6.07) is 15.5. The van der Waals surface area contributed by atoms with Gasteiger partial charge in [-0.3, -0.25) is 4.98 Å². The summed E-state index contributed by atoms with van der Waals surface area (Å²) in [4.78, 5) is 9.18. The summed E-state index contributed by atoms with van der Waals surface area (Å²) < 4.78 is 0. The number of nitrogens with zero attached hydrogens (tertiary/aromatic N) is 2. The molecule has 0 bridgehead atoms. The summed E-state index contributed by atoms with van der Waals surface area (Å²) in [5.74, 6) is 0.731. The van der Waals surface area contributed by atoms with Crippen LogP contribution in [0.3, 0.4) is 0 Å². The molecule has 2 aromatic heterocycles. The van der Waals surface area contributed by atoms with Crippen molar-refractivity contribution in [3.8, 4) is 11.3 Å². The summed E-state index contributed by atoms with van der Waals surface area (Å²) in [6.07, 6.45) is 1.33. The Labute approximate surface area is 159 Å². The molecule has 2 heterocycles. The van der Waals surface area contributed by atoms with Gasteiger partial charge in [-0.15, -0.1) is 0 Å². The second-order valence-corrected chi connectivity index (χ2v) is 6.40. The van der Waals surface area contributed by atoms with Crippen molar-refractivity contribution in [2.75, 3.05) is 17.7 Å². The average Bonchev–Trinajstić information content (AvgIpc) is 2.67. The molecule has 1 unspecified atom stereocenters. The first-order chi connectivity index (χ1) is 13.0. The van der Waals surface area contributed by atoms with Crippen LogP contribution in [0.2, 0.25) is 0 Å². The lowest BCUT2D eigenvalue weighted by molar-refractivity contribution is 0.782. The fourth-order valence-corrected chi connectivity index (χ4v) is 2.88. The van der Waals surface area contributed by atoms with Gasteiger partial charge in [0, 0.05) is 41.8 Å². The van der Waals surface area contributed by atoms with Crippen molar-refractivity contribution in [3.05, 3.63) is 65.5 Å². The minimum absolute atomic E-state index is 0.136. The van der Waals surface area contributed by atoms with E-state index in [0.717, 1.165) is 45.4 Å². The van der Waals surface area contributed by atoms with Gasteiger partial charge in [0.1, 0.15) is 5.82 Å². The summed E-state index contributed by atoms with van der Waals surface area (Å²) in [7, 11) is 1.84. The molecule has 3 aromatic rings. The lowest BCUT2D eigenvalue weighted by Crippen LogP contribution is -2.08. The molecule has 0 spiro atoms. The highest BCUT2D eigenvalue weighted by atomic mass is 15.0. The van der Waals surface area contributed by atoms with Crippen molar-refractivity contribution in [1.29, 1.82) is 5.41 Å². The molecule has 1 aromatic carbocycles. The van der Waals surface area contributed by atoms with Gasteiger partial charge >= 0.3 is 0 Å². The van der Waals surface area contributed by atoms with Gasteiger partial charge in [-0.25, -0.2) is 4.98 Å². The number of aromatic nitrogens is 2. The number of hydrogen-bond acceptors (Lipinski definition) is 6. The minimum atomic E-state index is -0.136. The second kappa shape index (κ2) is 7.97. The Morgan fingerprint density at radius 3 is 2.48 bits per heavy atom. The molecule has 27 heavy (non-hydrogen) atoms. The molecule has 0 fully saturated rings. The number of aryl methyl sites for hydroxylation is 1. The van der Waals surface area contributed by atoms with Crippen LogP contribution in [0.4, 0.5) is 17.2 Å². The zero-order valence-corrected chi connectivity index (χ0v) is 15.7. The van der Waals surface area contributed by atoms with Crippen LogP contribution in [0, 0.1) is 12.3 Å². The van der Waals surface area contributed by atoms with Crippen molar-refractivity contribution in [2.45, 2.75) is 19.9 Å². The van der Waals surface area contributed by atoms with Gasteiger partial charge in [0.2, 0.25) is 0 Å². The average molecular weight is 360 g/mol. The van der Waals surface area contributed by atoms with Gasteiger partial charge in [-0.1, -0.05) is 12.1 Å². The molecule has 6 nitrogen and oxygen atoms in total. The maximum Gasteiger partial charge on any atom is 0.130 e. The van der Waals surface area contributed by atoms with Gasteiger partial charge < -0.3 is 21.8 Å². The SMILES string of the molecule is CNc1cc(-c2cccc(C(C)N)n2)cc(Nc2cccc(C)n2)c1C=N. The number of hydrogen-bond donors (Lipinski definition) is 4. The van der Waals surface area contributed by atoms with Crippen LogP contribution in [-0.4, -0.2) is 23.2 Å². The summed E-state index contributed by atoms with van der Waals surface area (Å²) in [5.41, 5.74) is 11.9. The summed E-state index contributed by atoms with van der Waals surface area (Å²) in [6.45, 7) is 3.86. The quantitative estimate of drug-likeness (QED) is 0.492. The topological polar surface area (TPSA) is 99.7 Å². The molecule has 0 aliphatic heterocycles. The lowest BCUT2D eigenvalue weighted by Gasteiger charge is -2.16. The smallest absolute Gasteiger partial charge is 0.130 e. The fraction of sp³-hybridized carbons (Fsp3) is 0.190. The van der Waals surface area contributed by atoms with E-state index in [1.54, 1.807) is 0 Å². The maximum absolute atomic E-state index is 7.84. The number of nitrogens with two attached hydrogens (primary N) is 1. The molecule has 0 aliphatic carbocycles. The van der Waals surface area contributed by atoms with Crippen LogP contribution >= 0.6 is 0 Å². The van der Waals surface area contributed by atoms with Crippen LogP contribution < -0.4 is 16.4 Å². The van der Waals surface area contributed by atoms with E-state index in [0.29, 0.717) is 0 Å². The minimum Gasteiger partial charge on any atom is -0.388 e. The number of anilines is 3. The number of nitrogens with one attached hydrogen (secondary N) is 3. The van der Waals surface area contributed by atoms with E-state index in [1.807, 2.05) is 69.4 Å². The first-order valence-electron chi connectivity index (χ1n) is 8.81.